The van der Waals surface area contributed by atoms with E-state index in [1.54, 1.807) is 0 Å². The third-order valence-electron chi connectivity index (χ3n) is 6.94. The topological polar surface area (TPSA) is 34.1 Å². The summed E-state index contributed by atoms with van der Waals surface area (Å²) in [7, 11) is 0.686. The average molecular weight is 450 g/mol. The number of hydrogen-bond donors (Lipinski definition) is 0. The fraction of sp³-hybridized carbons (Fsp3) is 0.0323. The van der Waals surface area contributed by atoms with Crippen LogP contribution in [-0.4, -0.2) is 25.9 Å². The molecule has 0 aliphatic heterocycles. The Morgan fingerprint density at radius 2 is 0.943 bits per heavy atom. The first-order valence-electron chi connectivity index (χ1n) is 11.8. The van der Waals surface area contributed by atoms with E-state index in [9.17, 15) is 9.59 Å². The maximum atomic E-state index is 11.9. The lowest BCUT2D eigenvalue weighted by molar-refractivity contribution is -0.108. The summed E-state index contributed by atoms with van der Waals surface area (Å²) in [5.74, 6) is 0. The normalized spacial score (nSPS) is 12.7. The van der Waals surface area contributed by atoms with Crippen LogP contribution in [-0.2, 0) is 15.0 Å². The van der Waals surface area contributed by atoms with E-state index in [-0.39, 0.29) is 11.4 Å². The second-order valence-corrected chi connectivity index (χ2v) is 8.93. The first-order valence-corrected chi connectivity index (χ1v) is 11.8. The van der Waals surface area contributed by atoms with Crippen molar-refractivity contribution in [3.63, 3.8) is 0 Å². The van der Waals surface area contributed by atoms with Gasteiger partial charge in [0.1, 0.15) is 11.4 Å². The number of carbonyl (C=O) groups excluding carboxylic acids is 2. The Labute approximate surface area is 207 Å². The van der Waals surface area contributed by atoms with Crippen molar-refractivity contribution in [2.45, 2.75) is 5.41 Å². The predicted octanol–water partition coefficient (Wildman–Crippen LogP) is 3.60. The molecule has 4 heteroatoms. The molecule has 35 heavy (non-hydrogen) atoms. The molecule has 0 spiro atoms. The monoisotopic (exact) mass is 450 g/mol. The smallest absolute Gasteiger partial charge is 0.244 e. The van der Waals surface area contributed by atoms with Crippen LogP contribution in [0.25, 0.3) is 11.1 Å². The summed E-state index contributed by atoms with van der Waals surface area (Å²) in [6.07, 6.45) is 2.75. The molecule has 0 saturated carbocycles. The van der Waals surface area contributed by atoms with E-state index in [2.05, 4.69) is 86.0 Å². The molecule has 4 aromatic carbocycles. The second kappa shape index (κ2) is 9.23. The molecule has 0 fully saturated rings. The quantitative estimate of drug-likeness (QED) is 0.268. The Hall–Kier alpha value is -4.17. The highest BCUT2D eigenvalue weighted by atomic mass is 16.1. The molecule has 0 amide bonds. The Morgan fingerprint density at radius 3 is 1.31 bits per heavy atom. The van der Waals surface area contributed by atoms with Gasteiger partial charge in [0.15, 0.2) is 0 Å². The average Bonchev–Trinajstić information content (AvgIpc) is 3.21. The lowest BCUT2D eigenvalue weighted by Gasteiger charge is -2.34. The number of carbonyl (C=O) groups is 2. The molecule has 0 heterocycles. The first-order chi connectivity index (χ1) is 17.1. The van der Waals surface area contributed by atoms with Crippen molar-refractivity contribution in [2.24, 2.45) is 0 Å². The predicted molar refractivity (Wildman–Crippen MR) is 148 cm³/mol. The second-order valence-electron chi connectivity index (χ2n) is 8.93. The van der Waals surface area contributed by atoms with Gasteiger partial charge in [-0.15, -0.1) is 0 Å². The number of benzene rings is 4. The minimum absolute atomic E-state index is 0.00804. The Kier molecular flexibility index (Phi) is 5.96. The van der Waals surface area contributed by atoms with Gasteiger partial charge < -0.3 is 9.59 Å². The summed E-state index contributed by atoms with van der Waals surface area (Å²) in [4.78, 5) is 23.8. The lowest BCUT2D eigenvalue weighted by atomic mass is 9.62. The van der Waals surface area contributed by atoms with Crippen molar-refractivity contribution in [3.05, 3.63) is 145 Å². The Morgan fingerprint density at radius 1 is 0.571 bits per heavy atom. The van der Waals surface area contributed by atoms with Crippen LogP contribution in [0.2, 0.25) is 0 Å². The molecule has 1 aliphatic carbocycles. The molecule has 0 N–H and O–H groups in total. The number of fused-ring (bicyclic) bond motifs is 3. The third kappa shape index (κ3) is 3.81. The zero-order chi connectivity index (χ0) is 24.4. The lowest BCUT2D eigenvalue weighted by Crippen LogP contribution is -2.31. The molecule has 0 saturated heterocycles. The van der Waals surface area contributed by atoms with Crippen LogP contribution in [0.3, 0.4) is 0 Å². The molecule has 0 atom stereocenters. The number of rotatable bonds is 8. The molecule has 0 bridgehead atoms. The summed E-state index contributed by atoms with van der Waals surface area (Å²) >= 11 is 0. The summed E-state index contributed by atoms with van der Waals surface area (Å²) in [5.41, 5.74) is 8.62. The van der Waals surface area contributed by atoms with Crippen molar-refractivity contribution in [3.8, 4) is 11.1 Å². The van der Waals surface area contributed by atoms with Gasteiger partial charge in [-0.3, -0.25) is 0 Å². The van der Waals surface area contributed by atoms with Gasteiger partial charge in [0.05, 0.1) is 5.41 Å². The van der Waals surface area contributed by atoms with E-state index >= 15 is 0 Å². The van der Waals surface area contributed by atoms with E-state index < -0.39 is 5.41 Å². The van der Waals surface area contributed by atoms with Crippen LogP contribution in [0.4, 0.5) is 0 Å². The van der Waals surface area contributed by atoms with Crippen molar-refractivity contribution in [1.82, 2.24) is 0 Å². The minimum atomic E-state index is -0.505. The van der Waals surface area contributed by atoms with Crippen LogP contribution < -0.4 is 10.9 Å². The molecule has 4 aromatic rings. The van der Waals surface area contributed by atoms with Crippen molar-refractivity contribution < 1.29 is 9.59 Å². The van der Waals surface area contributed by atoms with Gasteiger partial charge in [-0.25, -0.2) is 0 Å². The highest BCUT2D eigenvalue weighted by Crippen LogP contribution is 2.55. The van der Waals surface area contributed by atoms with Gasteiger partial charge in [-0.05, 0) is 45.5 Å². The van der Waals surface area contributed by atoms with Gasteiger partial charge in [0, 0.05) is 0 Å². The van der Waals surface area contributed by atoms with Crippen molar-refractivity contribution in [1.29, 1.82) is 0 Å². The van der Waals surface area contributed by atoms with E-state index in [0.717, 1.165) is 22.1 Å². The van der Waals surface area contributed by atoms with Gasteiger partial charge in [-0.1, -0.05) is 121 Å². The van der Waals surface area contributed by atoms with Gasteiger partial charge >= 0.3 is 0 Å². The molecule has 0 unspecified atom stereocenters. The summed E-state index contributed by atoms with van der Waals surface area (Å²) < 4.78 is 0. The van der Waals surface area contributed by atoms with Gasteiger partial charge in [0.25, 0.3) is 0 Å². The highest BCUT2D eigenvalue weighted by molar-refractivity contribution is 6.86. The Balaban J connectivity index is 1.73. The standard InChI is InChI=1S/C31H24B2O2/c1-3-29(34)32-23-17-13-21(14-18-23)31(22-15-19-24(20-16-22)33-30(35)4-2)27-11-7-5-9-25(27)26-10-6-8-12-28(26)31/h3-20,32-33H,1-2H2. The van der Waals surface area contributed by atoms with Gasteiger partial charge in [0.2, 0.25) is 14.6 Å². The van der Waals surface area contributed by atoms with Crippen LogP contribution in [0.5, 0.6) is 0 Å². The number of allylic oxidation sites excluding steroid dienone is 2. The molecular formula is C31H24B2O2. The van der Waals surface area contributed by atoms with Gasteiger partial charge in [-0.2, -0.15) is 0 Å². The third-order valence-corrected chi connectivity index (χ3v) is 6.94. The maximum absolute atomic E-state index is 11.9. The zero-order valence-corrected chi connectivity index (χ0v) is 19.5. The molecule has 1 aliphatic rings. The largest absolute Gasteiger partial charge is 0.306 e. The van der Waals surface area contributed by atoms with E-state index in [4.69, 9.17) is 0 Å². The summed E-state index contributed by atoms with van der Waals surface area (Å²) in [6.45, 7) is 7.18. The Bertz CT molecular complexity index is 1340. The van der Waals surface area contributed by atoms with Crippen LogP contribution in [0.15, 0.2) is 122 Å². The van der Waals surface area contributed by atoms with Crippen molar-refractivity contribution >= 4 is 36.8 Å². The van der Waals surface area contributed by atoms with E-state index in [1.807, 2.05) is 24.3 Å². The molecule has 0 radical (unpaired) electrons. The highest BCUT2D eigenvalue weighted by Gasteiger charge is 2.45. The zero-order valence-electron chi connectivity index (χ0n) is 19.5. The summed E-state index contributed by atoms with van der Waals surface area (Å²) in [5, 5.41) is 0. The first kappa shape index (κ1) is 22.6. The fourth-order valence-corrected chi connectivity index (χ4v) is 5.32. The summed E-state index contributed by atoms with van der Waals surface area (Å²) in [6, 6.07) is 33.9. The maximum Gasteiger partial charge on any atom is 0.244 e. The SMILES string of the molecule is C=CC(=O)Bc1ccc(C2(c3ccc(BC(=O)C=C)cc3)c3ccccc3-c3ccccc32)cc1. The van der Waals surface area contributed by atoms with Crippen LogP contribution in [0.1, 0.15) is 22.3 Å². The molecule has 2 nitrogen and oxygen atoms in total. The minimum Gasteiger partial charge on any atom is -0.306 e. The molecule has 0 aromatic heterocycles. The van der Waals surface area contributed by atoms with E-state index in [0.29, 0.717) is 14.6 Å². The molecular weight excluding hydrogens is 426 g/mol. The van der Waals surface area contributed by atoms with Crippen LogP contribution >= 0.6 is 0 Å². The number of hydrogen-bond acceptors (Lipinski definition) is 2. The molecule has 5 rings (SSSR count). The van der Waals surface area contributed by atoms with Crippen LogP contribution in [0, 0.1) is 0 Å². The van der Waals surface area contributed by atoms with Crippen molar-refractivity contribution in [2.75, 3.05) is 0 Å². The fourth-order valence-electron chi connectivity index (χ4n) is 5.32. The molecule has 166 valence electrons. The van der Waals surface area contributed by atoms with E-state index in [1.165, 1.54) is 34.4 Å².